The van der Waals surface area contributed by atoms with Gasteiger partial charge in [0.1, 0.15) is 0 Å². The third-order valence-corrected chi connectivity index (χ3v) is 6.34. The molecule has 0 bridgehead atoms. The molecule has 2 fully saturated rings. The van der Waals surface area contributed by atoms with Crippen LogP contribution in [0.5, 0.6) is 0 Å². The molecule has 1 aliphatic carbocycles. The fourth-order valence-electron chi connectivity index (χ4n) is 4.45. The Morgan fingerprint density at radius 2 is 1.55 bits per heavy atom. The summed E-state index contributed by atoms with van der Waals surface area (Å²) in [7, 11) is 0. The fraction of sp³-hybridized carbons (Fsp3) is 0.900. The summed E-state index contributed by atoms with van der Waals surface area (Å²) in [6.07, 6.45) is 12.5. The van der Waals surface area contributed by atoms with E-state index in [4.69, 9.17) is 0 Å². The van der Waals surface area contributed by atoms with Crippen LogP contribution >= 0.6 is 0 Å². The van der Waals surface area contributed by atoms with Crippen LogP contribution in [-0.2, 0) is 0 Å². The van der Waals surface area contributed by atoms with E-state index >= 15 is 0 Å². The zero-order valence-corrected chi connectivity index (χ0v) is 14.9. The Morgan fingerprint density at radius 1 is 0.864 bits per heavy atom. The number of piperidine rings is 1. The van der Waals surface area contributed by atoms with Crippen molar-refractivity contribution in [2.24, 2.45) is 17.8 Å². The number of nitrogens with zero attached hydrogens (tertiary/aromatic N) is 2. The number of hydrogen-bond acceptors (Lipinski definition) is 2. The zero-order valence-electron chi connectivity index (χ0n) is 14.9. The molecule has 0 amide bonds. The van der Waals surface area contributed by atoms with Gasteiger partial charge in [0.2, 0.25) is 0 Å². The van der Waals surface area contributed by atoms with Crippen LogP contribution < -0.4 is 0 Å². The summed E-state index contributed by atoms with van der Waals surface area (Å²) in [5.41, 5.74) is 1.71. The Hall–Kier alpha value is -0.340. The first kappa shape index (κ1) is 16.5. The lowest BCUT2D eigenvalue weighted by Gasteiger charge is -2.35. The molecule has 3 rings (SSSR count). The van der Waals surface area contributed by atoms with Gasteiger partial charge in [-0.2, -0.15) is 0 Å². The Balaban J connectivity index is 1.38. The normalized spacial score (nSPS) is 32.9. The average molecular weight is 305 g/mol. The summed E-state index contributed by atoms with van der Waals surface area (Å²) in [5.74, 6) is 2.91. The number of likely N-dealkylation sites (tertiary alicyclic amines) is 1. The molecule has 0 radical (unpaired) electrons. The molecule has 1 saturated carbocycles. The maximum absolute atomic E-state index is 2.71. The first-order valence-corrected chi connectivity index (χ1v) is 9.81. The average Bonchev–Trinajstić information content (AvgIpc) is 2.54. The van der Waals surface area contributed by atoms with Crippen LogP contribution in [0.1, 0.15) is 58.8 Å². The molecule has 22 heavy (non-hydrogen) atoms. The van der Waals surface area contributed by atoms with Crippen molar-refractivity contribution < 1.29 is 0 Å². The summed E-state index contributed by atoms with van der Waals surface area (Å²) in [6.45, 7) is 12.6. The summed E-state index contributed by atoms with van der Waals surface area (Å²) in [6, 6.07) is 0. The SMILES string of the molecule is CC1CCC(CN2CC=C(CN3CCC(C)CC3)CC2)CC1. The van der Waals surface area contributed by atoms with E-state index in [2.05, 4.69) is 29.7 Å². The van der Waals surface area contributed by atoms with Crippen LogP contribution in [0.2, 0.25) is 0 Å². The molecule has 0 N–H and O–H groups in total. The molecule has 0 aromatic carbocycles. The van der Waals surface area contributed by atoms with Crippen LogP contribution in [0.25, 0.3) is 0 Å². The molecule has 3 aliphatic rings. The number of rotatable bonds is 4. The van der Waals surface area contributed by atoms with Crippen LogP contribution in [-0.4, -0.2) is 49.1 Å². The van der Waals surface area contributed by atoms with E-state index in [9.17, 15) is 0 Å². The second-order valence-electron chi connectivity index (χ2n) is 8.46. The van der Waals surface area contributed by atoms with Crippen molar-refractivity contribution in [3.8, 4) is 0 Å². The van der Waals surface area contributed by atoms with E-state index in [0.717, 1.165) is 17.8 Å². The van der Waals surface area contributed by atoms with Crippen molar-refractivity contribution in [3.63, 3.8) is 0 Å². The van der Waals surface area contributed by atoms with Crippen LogP contribution in [0, 0.1) is 17.8 Å². The first-order chi connectivity index (χ1) is 10.7. The summed E-state index contributed by atoms with van der Waals surface area (Å²) in [4.78, 5) is 5.40. The minimum Gasteiger partial charge on any atom is -0.299 e. The van der Waals surface area contributed by atoms with Gasteiger partial charge in [0, 0.05) is 26.2 Å². The van der Waals surface area contributed by atoms with Crippen LogP contribution in [0.15, 0.2) is 11.6 Å². The Labute approximate surface area is 137 Å². The molecule has 2 heterocycles. The van der Waals surface area contributed by atoms with Crippen LogP contribution in [0.3, 0.4) is 0 Å². The molecule has 0 unspecified atom stereocenters. The highest BCUT2D eigenvalue weighted by Crippen LogP contribution is 2.29. The third kappa shape index (κ3) is 4.83. The van der Waals surface area contributed by atoms with Crippen molar-refractivity contribution in [3.05, 3.63) is 11.6 Å². The van der Waals surface area contributed by atoms with Gasteiger partial charge in [-0.05, 0) is 62.9 Å². The van der Waals surface area contributed by atoms with E-state index in [0.29, 0.717) is 0 Å². The lowest BCUT2D eigenvalue weighted by Crippen LogP contribution is -2.38. The van der Waals surface area contributed by atoms with E-state index in [1.54, 1.807) is 5.57 Å². The molecule has 2 aliphatic heterocycles. The third-order valence-electron chi connectivity index (χ3n) is 6.34. The van der Waals surface area contributed by atoms with Gasteiger partial charge in [0.15, 0.2) is 0 Å². The van der Waals surface area contributed by atoms with Crippen molar-refractivity contribution in [2.75, 3.05) is 39.3 Å². The van der Waals surface area contributed by atoms with Gasteiger partial charge in [-0.3, -0.25) is 9.80 Å². The summed E-state index contributed by atoms with van der Waals surface area (Å²) >= 11 is 0. The van der Waals surface area contributed by atoms with Crippen molar-refractivity contribution in [1.82, 2.24) is 9.80 Å². The highest BCUT2D eigenvalue weighted by Gasteiger charge is 2.22. The highest BCUT2D eigenvalue weighted by molar-refractivity contribution is 5.09. The predicted molar refractivity (Wildman–Crippen MR) is 95.1 cm³/mol. The van der Waals surface area contributed by atoms with E-state index < -0.39 is 0 Å². The maximum atomic E-state index is 2.71. The fourth-order valence-corrected chi connectivity index (χ4v) is 4.45. The molecule has 1 saturated heterocycles. The van der Waals surface area contributed by atoms with Gasteiger partial charge in [-0.15, -0.1) is 0 Å². The topological polar surface area (TPSA) is 6.48 Å². The smallest absolute Gasteiger partial charge is 0.0193 e. The minimum absolute atomic E-state index is 0.949. The molecule has 0 aromatic rings. The van der Waals surface area contributed by atoms with Gasteiger partial charge in [0.05, 0.1) is 0 Å². The maximum Gasteiger partial charge on any atom is 0.0193 e. The van der Waals surface area contributed by atoms with Crippen molar-refractivity contribution in [1.29, 1.82) is 0 Å². The zero-order chi connectivity index (χ0) is 15.4. The second kappa shape index (κ2) is 7.97. The van der Waals surface area contributed by atoms with Gasteiger partial charge < -0.3 is 0 Å². The Morgan fingerprint density at radius 3 is 2.18 bits per heavy atom. The monoisotopic (exact) mass is 304 g/mol. The molecular formula is C20H36N2. The van der Waals surface area contributed by atoms with E-state index in [1.165, 1.54) is 84.2 Å². The highest BCUT2D eigenvalue weighted by atomic mass is 15.1. The quantitative estimate of drug-likeness (QED) is 0.719. The van der Waals surface area contributed by atoms with Crippen LogP contribution in [0.4, 0.5) is 0 Å². The molecule has 0 aromatic heterocycles. The standard InChI is InChI=1S/C20H36N2/c1-17-3-5-19(6-4-17)15-22-13-9-20(10-14-22)16-21-11-7-18(2)8-12-21/h9,17-19H,3-8,10-16H2,1-2H3. The van der Waals surface area contributed by atoms with Crippen molar-refractivity contribution in [2.45, 2.75) is 58.8 Å². The van der Waals surface area contributed by atoms with Crippen molar-refractivity contribution >= 4 is 0 Å². The Kier molecular flexibility index (Phi) is 5.98. The molecule has 2 nitrogen and oxygen atoms in total. The molecule has 0 atom stereocenters. The lowest BCUT2D eigenvalue weighted by molar-refractivity contribution is 0.182. The Bertz CT molecular complexity index is 360. The van der Waals surface area contributed by atoms with Gasteiger partial charge in [-0.25, -0.2) is 0 Å². The molecule has 0 spiro atoms. The second-order valence-corrected chi connectivity index (χ2v) is 8.46. The molecule has 2 heteroatoms. The van der Waals surface area contributed by atoms with E-state index in [-0.39, 0.29) is 0 Å². The largest absolute Gasteiger partial charge is 0.299 e. The minimum atomic E-state index is 0.949. The van der Waals surface area contributed by atoms with E-state index in [1.807, 2.05) is 0 Å². The molecular weight excluding hydrogens is 268 g/mol. The summed E-state index contributed by atoms with van der Waals surface area (Å²) in [5, 5.41) is 0. The summed E-state index contributed by atoms with van der Waals surface area (Å²) < 4.78 is 0. The first-order valence-electron chi connectivity index (χ1n) is 9.81. The lowest BCUT2D eigenvalue weighted by atomic mass is 9.82. The van der Waals surface area contributed by atoms with Gasteiger partial charge >= 0.3 is 0 Å². The van der Waals surface area contributed by atoms with Gasteiger partial charge in [0.25, 0.3) is 0 Å². The number of hydrogen-bond donors (Lipinski definition) is 0. The molecule has 126 valence electrons. The van der Waals surface area contributed by atoms with Gasteiger partial charge in [-0.1, -0.05) is 38.3 Å². The predicted octanol–water partition coefficient (Wildman–Crippen LogP) is 4.18.